The minimum atomic E-state index is 0. The van der Waals surface area contributed by atoms with Crippen LogP contribution in [-0.2, 0) is 5.54 Å². The van der Waals surface area contributed by atoms with E-state index in [1.165, 1.54) is 40.7 Å². The third-order valence-corrected chi connectivity index (χ3v) is 4.20. The smallest absolute Gasteiger partial charge is 0.0434 e. The zero-order chi connectivity index (χ0) is 13.5. The normalized spacial score (nSPS) is 15.6. The fourth-order valence-corrected chi connectivity index (χ4v) is 2.95. The van der Waals surface area contributed by atoms with Crippen LogP contribution in [0.2, 0.25) is 0 Å². The van der Waals surface area contributed by atoms with Crippen molar-refractivity contribution in [3.63, 3.8) is 0 Å². The summed E-state index contributed by atoms with van der Waals surface area (Å²) in [5.74, 6) is 0. The molecule has 0 heterocycles. The Labute approximate surface area is 127 Å². The van der Waals surface area contributed by atoms with Gasteiger partial charge in [0.25, 0.3) is 0 Å². The van der Waals surface area contributed by atoms with E-state index < -0.39 is 0 Å². The maximum absolute atomic E-state index is 3.47. The molecular formula is C18H22ClN. The minimum absolute atomic E-state index is 0. The Hall–Kier alpha value is -1.31. The summed E-state index contributed by atoms with van der Waals surface area (Å²) >= 11 is 0. The highest BCUT2D eigenvalue weighted by molar-refractivity contribution is 5.85. The lowest BCUT2D eigenvalue weighted by Crippen LogP contribution is -2.24. The van der Waals surface area contributed by atoms with E-state index in [-0.39, 0.29) is 17.9 Å². The van der Waals surface area contributed by atoms with Gasteiger partial charge in [-0.05, 0) is 56.5 Å². The van der Waals surface area contributed by atoms with Crippen molar-refractivity contribution in [1.82, 2.24) is 5.32 Å². The summed E-state index contributed by atoms with van der Waals surface area (Å²) < 4.78 is 0. The van der Waals surface area contributed by atoms with Crippen LogP contribution < -0.4 is 5.32 Å². The lowest BCUT2D eigenvalue weighted by molar-refractivity contribution is 0.586. The molecule has 2 heteroatoms. The molecule has 0 aromatic heterocycles. The Bertz CT molecular complexity index is 594. The molecule has 0 spiro atoms. The van der Waals surface area contributed by atoms with E-state index in [0.29, 0.717) is 0 Å². The summed E-state index contributed by atoms with van der Waals surface area (Å²) in [6, 6.07) is 15.7. The molecule has 0 amide bonds. The molecule has 0 saturated heterocycles. The van der Waals surface area contributed by atoms with Gasteiger partial charge in [0.05, 0.1) is 0 Å². The summed E-state index contributed by atoms with van der Waals surface area (Å²) in [6.07, 6.45) is 2.50. The van der Waals surface area contributed by atoms with Crippen LogP contribution in [-0.4, -0.2) is 7.05 Å². The van der Waals surface area contributed by atoms with Gasteiger partial charge in [-0.2, -0.15) is 0 Å². The molecule has 1 fully saturated rings. The van der Waals surface area contributed by atoms with Crippen LogP contribution in [0.25, 0.3) is 11.1 Å². The van der Waals surface area contributed by atoms with Gasteiger partial charge in [-0.15, -0.1) is 12.4 Å². The number of benzene rings is 2. The fourth-order valence-electron chi connectivity index (χ4n) is 2.95. The van der Waals surface area contributed by atoms with E-state index in [1.54, 1.807) is 0 Å². The van der Waals surface area contributed by atoms with Gasteiger partial charge in [-0.3, -0.25) is 0 Å². The molecule has 1 N–H and O–H groups in total. The van der Waals surface area contributed by atoms with Gasteiger partial charge in [0.15, 0.2) is 0 Å². The summed E-state index contributed by atoms with van der Waals surface area (Å²) in [5, 5.41) is 3.47. The lowest BCUT2D eigenvalue weighted by Gasteiger charge is -2.16. The van der Waals surface area contributed by atoms with Crippen molar-refractivity contribution in [3.05, 3.63) is 59.2 Å². The second kappa shape index (κ2) is 5.59. The van der Waals surface area contributed by atoms with Crippen LogP contribution in [0.5, 0.6) is 0 Å². The predicted octanol–water partition coefficient (Wildman–Crippen LogP) is 4.60. The van der Waals surface area contributed by atoms with Crippen molar-refractivity contribution in [2.45, 2.75) is 32.2 Å². The summed E-state index contributed by atoms with van der Waals surface area (Å²) in [4.78, 5) is 0. The van der Waals surface area contributed by atoms with Gasteiger partial charge in [0, 0.05) is 5.54 Å². The molecule has 1 aliphatic rings. The molecule has 3 rings (SSSR count). The average Bonchev–Trinajstić information content (AvgIpc) is 3.19. The molecule has 1 aliphatic carbocycles. The van der Waals surface area contributed by atoms with Crippen molar-refractivity contribution in [2.75, 3.05) is 7.05 Å². The first-order valence-corrected chi connectivity index (χ1v) is 7.01. The molecular weight excluding hydrogens is 266 g/mol. The highest BCUT2D eigenvalue weighted by atomic mass is 35.5. The lowest BCUT2D eigenvalue weighted by atomic mass is 9.96. The molecule has 0 bridgehead atoms. The monoisotopic (exact) mass is 287 g/mol. The number of aryl methyl sites for hydroxylation is 2. The molecule has 1 nitrogen and oxygen atoms in total. The number of nitrogens with one attached hydrogen (secondary N) is 1. The molecule has 0 aliphatic heterocycles. The Morgan fingerprint density at radius 3 is 2.10 bits per heavy atom. The van der Waals surface area contributed by atoms with Crippen LogP contribution in [0.4, 0.5) is 0 Å². The SMILES string of the molecule is CNC1(c2cccc(-c3cc(C)cc(C)c3)c2)CC1.Cl. The first-order chi connectivity index (χ1) is 9.13. The van der Waals surface area contributed by atoms with Crippen molar-refractivity contribution in [2.24, 2.45) is 0 Å². The minimum Gasteiger partial charge on any atom is -0.310 e. The van der Waals surface area contributed by atoms with E-state index in [9.17, 15) is 0 Å². The maximum Gasteiger partial charge on any atom is 0.0434 e. The van der Waals surface area contributed by atoms with Crippen LogP contribution in [0.3, 0.4) is 0 Å². The molecule has 0 atom stereocenters. The second-order valence-electron chi connectivity index (χ2n) is 5.79. The van der Waals surface area contributed by atoms with E-state index in [0.717, 1.165) is 0 Å². The van der Waals surface area contributed by atoms with Crippen molar-refractivity contribution >= 4 is 12.4 Å². The molecule has 20 heavy (non-hydrogen) atoms. The fraction of sp³-hybridized carbons (Fsp3) is 0.333. The largest absolute Gasteiger partial charge is 0.310 e. The third kappa shape index (κ3) is 2.74. The van der Waals surface area contributed by atoms with E-state index in [2.05, 4.69) is 68.7 Å². The predicted molar refractivity (Wildman–Crippen MR) is 88.6 cm³/mol. The van der Waals surface area contributed by atoms with Crippen molar-refractivity contribution < 1.29 is 0 Å². The zero-order valence-corrected chi connectivity index (χ0v) is 13.2. The van der Waals surface area contributed by atoms with Gasteiger partial charge in [-0.25, -0.2) is 0 Å². The number of rotatable bonds is 3. The highest BCUT2D eigenvalue weighted by Gasteiger charge is 2.42. The average molecular weight is 288 g/mol. The van der Waals surface area contributed by atoms with E-state index in [4.69, 9.17) is 0 Å². The molecule has 1 saturated carbocycles. The summed E-state index contributed by atoms with van der Waals surface area (Å²) in [6.45, 7) is 4.33. The summed E-state index contributed by atoms with van der Waals surface area (Å²) in [5.41, 5.74) is 6.98. The van der Waals surface area contributed by atoms with E-state index >= 15 is 0 Å². The number of hydrogen-bond acceptors (Lipinski definition) is 1. The summed E-state index contributed by atoms with van der Waals surface area (Å²) in [7, 11) is 2.07. The van der Waals surface area contributed by atoms with Gasteiger partial charge in [0.1, 0.15) is 0 Å². The van der Waals surface area contributed by atoms with Gasteiger partial charge < -0.3 is 5.32 Å². The van der Waals surface area contributed by atoms with Crippen LogP contribution >= 0.6 is 12.4 Å². The van der Waals surface area contributed by atoms with Crippen molar-refractivity contribution in [3.8, 4) is 11.1 Å². The maximum atomic E-state index is 3.47. The Morgan fingerprint density at radius 1 is 0.900 bits per heavy atom. The number of hydrogen-bond donors (Lipinski definition) is 1. The Kier molecular flexibility index (Phi) is 4.22. The first kappa shape index (κ1) is 15.1. The topological polar surface area (TPSA) is 12.0 Å². The molecule has 2 aromatic carbocycles. The molecule has 0 unspecified atom stereocenters. The van der Waals surface area contributed by atoms with Gasteiger partial charge in [-0.1, -0.05) is 47.5 Å². The van der Waals surface area contributed by atoms with Crippen molar-refractivity contribution in [1.29, 1.82) is 0 Å². The van der Waals surface area contributed by atoms with Crippen LogP contribution in [0.15, 0.2) is 42.5 Å². The van der Waals surface area contributed by atoms with Gasteiger partial charge in [0.2, 0.25) is 0 Å². The molecule has 2 aromatic rings. The van der Waals surface area contributed by atoms with Gasteiger partial charge >= 0.3 is 0 Å². The van der Waals surface area contributed by atoms with Crippen LogP contribution in [0, 0.1) is 13.8 Å². The molecule has 106 valence electrons. The number of halogens is 1. The van der Waals surface area contributed by atoms with E-state index in [1.807, 2.05) is 0 Å². The zero-order valence-electron chi connectivity index (χ0n) is 12.4. The molecule has 0 radical (unpaired) electrons. The Balaban J connectivity index is 0.00000147. The highest BCUT2D eigenvalue weighted by Crippen LogP contribution is 2.45. The Morgan fingerprint density at radius 2 is 1.55 bits per heavy atom. The second-order valence-corrected chi connectivity index (χ2v) is 5.79. The quantitative estimate of drug-likeness (QED) is 0.870. The standard InChI is InChI=1S/C18H21N.ClH/c1-13-9-14(2)11-16(10-13)15-5-4-6-17(12-15)18(19-3)7-8-18;/h4-6,9-12,19H,7-8H2,1-3H3;1H. The third-order valence-electron chi connectivity index (χ3n) is 4.20. The van der Waals surface area contributed by atoms with Crippen LogP contribution in [0.1, 0.15) is 29.5 Å². The first-order valence-electron chi connectivity index (χ1n) is 7.01.